The van der Waals surface area contributed by atoms with E-state index in [1.807, 2.05) is 19.1 Å². The molecule has 0 aliphatic heterocycles. The average molecular weight is 178 g/mol. The van der Waals surface area contributed by atoms with Crippen LogP contribution in [0, 0.1) is 6.92 Å². The number of hydrogen-bond donors (Lipinski definition) is 1. The van der Waals surface area contributed by atoms with Crippen molar-refractivity contribution in [3.8, 4) is 11.5 Å². The zero-order valence-corrected chi connectivity index (χ0v) is 7.28. The number of nitrogens with two attached hydrogens (primary N) is 1. The minimum Gasteiger partial charge on any atom is -0.458 e. The molecule has 2 rings (SSSR count). The van der Waals surface area contributed by atoms with Gasteiger partial charge >= 0.3 is 0 Å². The maximum absolute atomic E-state index is 5.50. The van der Waals surface area contributed by atoms with E-state index in [1.54, 1.807) is 6.20 Å². The van der Waals surface area contributed by atoms with E-state index >= 15 is 0 Å². The topological polar surface area (TPSA) is 65.2 Å². The van der Waals surface area contributed by atoms with Gasteiger partial charge in [-0.05, 0) is 19.1 Å². The zero-order chi connectivity index (χ0) is 9.26. The monoisotopic (exact) mass is 178 g/mol. The molecule has 2 heterocycles. The molecule has 0 unspecified atom stereocenters. The van der Waals surface area contributed by atoms with Crippen LogP contribution in [0.1, 0.15) is 11.3 Å². The molecule has 2 N–H and O–H groups in total. The zero-order valence-electron chi connectivity index (χ0n) is 7.28. The van der Waals surface area contributed by atoms with Crippen LogP contribution in [0.3, 0.4) is 0 Å². The summed E-state index contributed by atoms with van der Waals surface area (Å²) in [5.41, 5.74) is 6.35. The highest BCUT2D eigenvalue weighted by molar-refractivity contribution is 5.54. The van der Waals surface area contributed by atoms with E-state index in [0.717, 1.165) is 11.3 Å². The van der Waals surface area contributed by atoms with Crippen molar-refractivity contribution in [2.45, 2.75) is 13.5 Å². The van der Waals surface area contributed by atoms with Gasteiger partial charge in [0.1, 0.15) is 5.76 Å². The molecular formula is C9H10N2O2. The van der Waals surface area contributed by atoms with Crippen LogP contribution < -0.4 is 5.73 Å². The molecule has 0 saturated carbocycles. The molecule has 0 atom stereocenters. The molecule has 4 heteroatoms. The van der Waals surface area contributed by atoms with E-state index in [9.17, 15) is 0 Å². The van der Waals surface area contributed by atoms with Crippen molar-refractivity contribution in [2.75, 3.05) is 0 Å². The van der Waals surface area contributed by atoms with Crippen LogP contribution in [0.5, 0.6) is 0 Å². The van der Waals surface area contributed by atoms with Gasteiger partial charge in [0.05, 0.1) is 6.20 Å². The Hall–Kier alpha value is -1.55. The number of hydrogen-bond acceptors (Lipinski definition) is 4. The summed E-state index contributed by atoms with van der Waals surface area (Å²) in [6, 6.07) is 3.72. The van der Waals surface area contributed by atoms with Crippen molar-refractivity contribution in [3.05, 3.63) is 29.7 Å². The van der Waals surface area contributed by atoms with Gasteiger partial charge in [0.2, 0.25) is 5.76 Å². The lowest BCUT2D eigenvalue weighted by molar-refractivity contribution is 0.414. The first-order valence-corrected chi connectivity index (χ1v) is 4.01. The normalized spacial score (nSPS) is 10.6. The van der Waals surface area contributed by atoms with Gasteiger partial charge in [-0.3, -0.25) is 0 Å². The average Bonchev–Trinajstić information content (AvgIpc) is 2.71. The van der Waals surface area contributed by atoms with Gasteiger partial charge in [-0.1, -0.05) is 5.16 Å². The minimum absolute atomic E-state index is 0.401. The van der Waals surface area contributed by atoms with E-state index in [-0.39, 0.29) is 0 Å². The van der Waals surface area contributed by atoms with Crippen LogP contribution >= 0.6 is 0 Å². The molecule has 0 bridgehead atoms. The third-order valence-corrected chi connectivity index (χ3v) is 1.83. The quantitative estimate of drug-likeness (QED) is 0.760. The Morgan fingerprint density at radius 2 is 2.31 bits per heavy atom. The number of rotatable bonds is 2. The predicted molar refractivity (Wildman–Crippen MR) is 46.8 cm³/mol. The lowest BCUT2D eigenvalue weighted by atomic mass is 10.2. The molecule has 0 aromatic carbocycles. The summed E-state index contributed by atoms with van der Waals surface area (Å²) in [6.07, 6.45) is 1.60. The maximum Gasteiger partial charge on any atom is 0.206 e. The van der Waals surface area contributed by atoms with Gasteiger partial charge in [-0.15, -0.1) is 0 Å². The predicted octanol–water partition coefficient (Wildman–Crippen LogP) is 1.70. The van der Waals surface area contributed by atoms with E-state index < -0.39 is 0 Å². The fourth-order valence-electron chi connectivity index (χ4n) is 1.17. The summed E-state index contributed by atoms with van der Waals surface area (Å²) < 4.78 is 10.4. The maximum atomic E-state index is 5.50. The highest BCUT2D eigenvalue weighted by Gasteiger charge is 2.12. The van der Waals surface area contributed by atoms with E-state index in [1.165, 1.54) is 0 Å². The van der Waals surface area contributed by atoms with E-state index in [0.29, 0.717) is 18.1 Å². The van der Waals surface area contributed by atoms with Gasteiger partial charge in [0.15, 0.2) is 5.76 Å². The highest BCUT2D eigenvalue weighted by atomic mass is 16.5. The Kier molecular flexibility index (Phi) is 1.90. The molecule has 2 aromatic rings. The van der Waals surface area contributed by atoms with Crippen LogP contribution in [0.25, 0.3) is 11.5 Å². The molecule has 0 radical (unpaired) electrons. The van der Waals surface area contributed by atoms with Gasteiger partial charge in [0, 0.05) is 12.1 Å². The summed E-state index contributed by atoms with van der Waals surface area (Å²) in [5.74, 6) is 2.14. The molecule has 0 aliphatic carbocycles. The Morgan fingerprint density at radius 1 is 1.46 bits per heavy atom. The summed E-state index contributed by atoms with van der Waals surface area (Å²) in [5, 5.41) is 3.66. The Labute approximate surface area is 75.3 Å². The fourth-order valence-corrected chi connectivity index (χ4v) is 1.17. The summed E-state index contributed by atoms with van der Waals surface area (Å²) in [6.45, 7) is 2.28. The SMILES string of the molecule is Cc1ccc(-c2oncc2CN)o1. The first kappa shape index (κ1) is 8.07. The Balaban J connectivity index is 2.45. The third kappa shape index (κ3) is 1.36. The van der Waals surface area contributed by atoms with Crippen LogP contribution in [0.15, 0.2) is 27.3 Å². The number of furan rings is 1. The molecule has 68 valence electrons. The summed E-state index contributed by atoms with van der Waals surface area (Å²) in [7, 11) is 0. The molecule has 0 spiro atoms. The van der Waals surface area contributed by atoms with Crippen molar-refractivity contribution in [3.63, 3.8) is 0 Å². The molecule has 13 heavy (non-hydrogen) atoms. The second kappa shape index (κ2) is 3.06. The largest absolute Gasteiger partial charge is 0.458 e. The number of nitrogens with zero attached hydrogens (tertiary/aromatic N) is 1. The molecular weight excluding hydrogens is 168 g/mol. The molecule has 4 nitrogen and oxygen atoms in total. The molecule has 0 fully saturated rings. The van der Waals surface area contributed by atoms with Crippen LogP contribution in [0.4, 0.5) is 0 Å². The summed E-state index contributed by atoms with van der Waals surface area (Å²) in [4.78, 5) is 0. The first-order chi connectivity index (χ1) is 6.31. The standard InChI is InChI=1S/C9H10N2O2/c1-6-2-3-8(12-6)9-7(4-10)5-11-13-9/h2-3,5H,4,10H2,1H3. The minimum atomic E-state index is 0.401. The lowest BCUT2D eigenvalue weighted by Gasteiger charge is -1.92. The first-order valence-electron chi connectivity index (χ1n) is 4.01. The van der Waals surface area contributed by atoms with Gasteiger partial charge < -0.3 is 14.7 Å². The smallest absolute Gasteiger partial charge is 0.206 e. The summed E-state index contributed by atoms with van der Waals surface area (Å²) >= 11 is 0. The Morgan fingerprint density at radius 3 is 2.92 bits per heavy atom. The lowest BCUT2D eigenvalue weighted by Crippen LogP contribution is -1.95. The molecule has 2 aromatic heterocycles. The molecule has 0 saturated heterocycles. The Bertz CT molecular complexity index is 403. The molecule has 0 amide bonds. The van der Waals surface area contributed by atoms with Crippen LogP contribution in [-0.4, -0.2) is 5.16 Å². The van der Waals surface area contributed by atoms with Crippen LogP contribution in [0.2, 0.25) is 0 Å². The second-order valence-electron chi connectivity index (χ2n) is 2.79. The van der Waals surface area contributed by atoms with Crippen molar-refractivity contribution in [2.24, 2.45) is 5.73 Å². The van der Waals surface area contributed by atoms with Crippen LogP contribution in [-0.2, 0) is 6.54 Å². The van der Waals surface area contributed by atoms with Gasteiger partial charge in [0.25, 0.3) is 0 Å². The van der Waals surface area contributed by atoms with Gasteiger partial charge in [-0.25, -0.2) is 0 Å². The van der Waals surface area contributed by atoms with Crippen molar-refractivity contribution in [1.29, 1.82) is 0 Å². The number of aromatic nitrogens is 1. The molecule has 0 aliphatic rings. The van der Waals surface area contributed by atoms with Crippen molar-refractivity contribution < 1.29 is 8.94 Å². The van der Waals surface area contributed by atoms with Crippen molar-refractivity contribution >= 4 is 0 Å². The van der Waals surface area contributed by atoms with E-state index in [4.69, 9.17) is 14.7 Å². The third-order valence-electron chi connectivity index (χ3n) is 1.83. The van der Waals surface area contributed by atoms with E-state index in [2.05, 4.69) is 5.16 Å². The second-order valence-corrected chi connectivity index (χ2v) is 2.79. The van der Waals surface area contributed by atoms with Crippen molar-refractivity contribution in [1.82, 2.24) is 5.16 Å². The highest BCUT2D eigenvalue weighted by Crippen LogP contribution is 2.24. The van der Waals surface area contributed by atoms with Gasteiger partial charge in [-0.2, -0.15) is 0 Å². The number of aryl methyl sites for hydroxylation is 1. The fraction of sp³-hybridized carbons (Fsp3) is 0.222.